The molecule has 9 heteroatoms. The van der Waals surface area contributed by atoms with Crippen molar-refractivity contribution in [1.29, 1.82) is 5.41 Å². The van der Waals surface area contributed by atoms with Crippen LogP contribution in [0.5, 0.6) is 0 Å². The van der Waals surface area contributed by atoms with Gasteiger partial charge in [0, 0.05) is 24.8 Å². The predicted octanol–water partition coefficient (Wildman–Crippen LogP) is 2.78. The molecule has 2 aromatic rings. The van der Waals surface area contributed by atoms with Crippen molar-refractivity contribution in [2.45, 2.75) is 38.8 Å². The number of hydrogen-bond donors (Lipinski definition) is 5. The van der Waals surface area contributed by atoms with E-state index in [0.29, 0.717) is 28.3 Å². The van der Waals surface area contributed by atoms with Crippen molar-refractivity contribution in [3.05, 3.63) is 53.0 Å². The number of aliphatic hydroxyl groups is 1. The van der Waals surface area contributed by atoms with Gasteiger partial charge in [-0.25, -0.2) is 14.2 Å². The number of aromatic nitrogens is 1. The van der Waals surface area contributed by atoms with Crippen LogP contribution in [0.2, 0.25) is 0 Å². The predicted molar refractivity (Wildman–Crippen MR) is 114 cm³/mol. The highest BCUT2D eigenvalue weighted by Crippen LogP contribution is 2.27. The van der Waals surface area contributed by atoms with Gasteiger partial charge < -0.3 is 21.1 Å². The van der Waals surface area contributed by atoms with E-state index in [1.165, 1.54) is 30.3 Å². The van der Waals surface area contributed by atoms with Crippen molar-refractivity contribution in [3.8, 4) is 0 Å². The summed E-state index contributed by atoms with van der Waals surface area (Å²) in [6.07, 6.45) is 1.05. The molecule has 1 aromatic heterocycles. The fraction of sp³-hybridized carbons (Fsp3) is 0.381. The van der Waals surface area contributed by atoms with Crippen molar-refractivity contribution in [2.24, 2.45) is 0 Å². The summed E-state index contributed by atoms with van der Waals surface area (Å²) in [4.78, 5) is 18.8. The number of nitrogens with one attached hydrogen (secondary N) is 3. The second kappa shape index (κ2) is 8.27. The van der Waals surface area contributed by atoms with Gasteiger partial charge in [0.2, 0.25) is 0 Å². The maximum atomic E-state index is 13.2. The van der Waals surface area contributed by atoms with Gasteiger partial charge in [-0.05, 0) is 44.9 Å². The molecule has 1 aliphatic heterocycles. The van der Waals surface area contributed by atoms with Gasteiger partial charge in [0.25, 0.3) is 0 Å². The number of amides is 2. The second-order valence-electron chi connectivity index (χ2n) is 7.98. The smallest absolute Gasteiger partial charge is 0.320 e. The fourth-order valence-corrected chi connectivity index (χ4v) is 3.37. The van der Waals surface area contributed by atoms with Crippen LogP contribution in [-0.2, 0) is 0 Å². The molecule has 0 radical (unpaired) electrons. The number of urea groups is 1. The summed E-state index contributed by atoms with van der Waals surface area (Å²) in [5, 5.41) is 24.1. The zero-order valence-corrected chi connectivity index (χ0v) is 17.3. The Labute approximate surface area is 174 Å². The minimum absolute atomic E-state index is 0.233. The molecule has 6 N–H and O–H groups in total. The largest absolute Gasteiger partial charge is 0.398 e. The van der Waals surface area contributed by atoms with Gasteiger partial charge in [-0.1, -0.05) is 12.1 Å². The van der Waals surface area contributed by atoms with Crippen LogP contribution in [0, 0.1) is 18.2 Å². The number of rotatable bonds is 5. The lowest BCUT2D eigenvalue weighted by Crippen LogP contribution is -2.44. The third-order valence-electron chi connectivity index (χ3n) is 5.07. The first-order valence-corrected chi connectivity index (χ1v) is 9.72. The molecule has 1 fully saturated rings. The molecule has 30 heavy (non-hydrogen) atoms. The number of nitrogens with two attached hydrogens (primary N) is 1. The van der Waals surface area contributed by atoms with Crippen molar-refractivity contribution in [3.63, 3.8) is 0 Å². The van der Waals surface area contributed by atoms with E-state index in [0.717, 1.165) is 19.5 Å². The maximum absolute atomic E-state index is 13.2. The molecular formula is C21H27FN6O2. The van der Waals surface area contributed by atoms with E-state index in [1.54, 1.807) is 20.8 Å². The van der Waals surface area contributed by atoms with Crippen LogP contribution >= 0.6 is 0 Å². The molecule has 1 saturated heterocycles. The molecule has 160 valence electrons. The van der Waals surface area contributed by atoms with Gasteiger partial charge >= 0.3 is 6.03 Å². The zero-order valence-electron chi connectivity index (χ0n) is 17.3. The van der Waals surface area contributed by atoms with Gasteiger partial charge in [-0.3, -0.25) is 10.7 Å². The van der Waals surface area contributed by atoms with Crippen LogP contribution in [0.15, 0.2) is 30.3 Å². The highest BCUT2D eigenvalue weighted by Gasteiger charge is 2.30. The summed E-state index contributed by atoms with van der Waals surface area (Å²) in [7, 11) is 0. The lowest BCUT2D eigenvalue weighted by Gasteiger charge is -2.34. The molecule has 1 aromatic carbocycles. The molecule has 1 atom stereocenters. The Balaban J connectivity index is 1.75. The first-order chi connectivity index (χ1) is 14.1. The number of likely N-dealkylation sites (tertiary alicyclic amines) is 1. The summed E-state index contributed by atoms with van der Waals surface area (Å²) in [5.41, 5.74) is 6.85. The van der Waals surface area contributed by atoms with Crippen molar-refractivity contribution in [2.75, 3.05) is 24.1 Å². The highest BCUT2D eigenvalue weighted by molar-refractivity contribution is 6.03. The molecular weight excluding hydrogens is 387 g/mol. The molecule has 1 aliphatic rings. The minimum Gasteiger partial charge on any atom is -0.398 e. The van der Waals surface area contributed by atoms with Crippen LogP contribution in [0.3, 0.4) is 0 Å². The summed E-state index contributed by atoms with van der Waals surface area (Å²) in [5.74, 6) is 0.158. The number of amidine groups is 1. The number of nitrogen functional groups attached to an aromatic ring is 1. The van der Waals surface area contributed by atoms with E-state index in [2.05, 4.69) is 15.6 Å². The minimum atomic E-state index is -1.30. The highest BCUT2D eigenvalue weighted by atomic mass is 19.1. The van der Waals surface area contributed by atoms with E-state index in [9.17, 15) is 14.3 Å². The number of aryl methyl sites for hydroxylation is 1. The lowest BCUT2D eigenvalue weighted by molar-refractivity contribution is 0.0415. The first kappa shape index (κ1) is 21.5. The van der Waals surface area contributed by atoms with Gasteiger partial charge in [0.1, 0.15) is 17.5 Å². The SMILES string of the molecule is Cc1nc(NC(=O)NC(c2ccc(F)cc2)C(C)(C)O)cc(N)c1C(=N)N1CCC1. The zero-order chi connectivity index (χ0) is 22.1. The normalized spacial score (nSPS) is 14.6. The quantitative estimate of drug-likeness (QED) is 0.380. The summed E-state index contributed by atoms with van der Waals surface area (Å²) in [6.45, 7) is 6.49. The Hall–Kier alpha value is -3.20. The first-order valence-electron chi connectivity index (χ1n) is 9.72. The monoisotopic (exact) mass is 414 g/mol. The van der Waals surface area contributed by atoms with Gasteiger partial charge in [0.05, 0.1) is 22.9 Å². The number of halogens is 1. The van der Waals surface area contributed by atoms with Crippen LogP contribution in [0.1, 0.15) is 43.1 Å². The van der Waals surface area contributed by atoms with Crippen molar-refractivity contribution in [1.82, 2.24) is 15.2 Å². The molecule has 0 aliphatic carbocycles. The van der Waals surface area contributed by atoms with Gasteiger partial charge in [0.15, 0.2) is 0 Å². The maximum Gasteiger partial charge on any atom is 0.320 e. The molecule has 8 nitrogen and oxygen atoms in total. The van der Waals surface area contributed by atoms with Crippen LogP contribution in [-0.4, -0.2) is 45.5 Å². The van der Waals surface area contributed by atoms with Crippen LogP contribution in [0.4, 0.5) is 20.7 Å². The molecule has 0 bridgehead atoms. The van der Waals surface area contributed by atoms with E-state index in [4.69, 9.17) is 11.1 Å². The van der Waals surface area contributed by atoms with Gasteiger partial charge in [-0.15, -0.1) is 0 Å². The van der Waals surface area contributed by atoms with Crippen LogP contribution < -0.4 is 16.4 Å². The third-order valence-corrected chi connectivity index (χ3v) is 5.07. The molecule has 3 rings (SSSR count). The fourth-order valence-electron chi connectivity index (χ4n) is 3.37. The van der Waals surface area contributed by atoms with Crippen molar-refractivity contribution >= 4 is 23.4 Å². The topological polar surface area (TPSA) is 127 Å². The Morgan fingerprint density at radius 2 is 1.97 bits per heavy atom. The summed E-state index contributed by atoms with van der Waals surface area (Å²) < 4.78 is 13.2. The second-order valence-corrected chi connectivity index (χ2v) is 7.98. The lowest BCUT2D eigenvalue weighted by atomic mass is 9.92. The van der Waals surface area contributed by atoms with Gasteiger partial charge in [-0.2, -0.15) is 0 Å². The number of hydrogen-bond acceptors (Lipinski definition) is 5. The standard InChI is InChI=1S/C21H27FN6O2/c1-12-17(19(24)28-9-4-10-28)15(23)11-16(25-12)26-20(29)27-18(21(2,3)30)13-5-7-14(22)8-6-13/h5-8,11,18,24,30H,4,9-10H2,1-3H3,(H4,23,25,26,27,29). The number of nitrogens with zero attached hydrogens (tertiary/aromatic N) is 2. The Kier molecular flexibility index (Phi) is 5.93. The molecule has 2 amide bonds. The molecule has 2 heterocycles. The van der Waals surface area contributed by atoms with Crippen molar-refractivity contribution < 1.29 is 14.3 Å². The summed E-state index contributed by atoms with van der Waals surface area (Å²) in [6, 6.07) is 5.69. The van der Waals surface area contributed by atoms with Crippen LogP contribution in [0.25, 0.3) is 0 Å². The average molecular weight is 414 g/mol. The van der Waals surface area contributed by atoms with E-state index < -0.39 is 23.5 Å². The number of carbonyl (C=O) groups excluding carboxylic acids is 1. The Bertz CT molecular complexity index is 928. The average Bonchev–Trinajstić information content (AvgIpc) is 2.57. The number of pyridine rings is 1. The Morgan fingerprint density at radius 1 is 1.33 bits per heavy atom. The third kappa shape index (κ3) is 4.68. The number of benzene rings is 1. The van der Waals surface area contributed by atoms with E-state index in [-0.39, 0.29) is 5.82 Å². The van der Waals surface area contributed by atoms with E-state index in [1.807, 2.05) is 4.90 Å². The Morgan fingerprint density at radius 3 is 2.47 bits per heavy atom. The number of anilines is 2. The molecule has 0 spiro atoms. The molecule has 0 saturated carbocycles. The van der Waals surface area contributed by atoms with E-state index >= 15 is 0 Å². The molecule has 1 unspecified atom stereocenters. The number of carbonyl (C=O) groups is 1. The summed E-state index contributed by atoms with van der Waals surface area (Å²) >= 11 is 0.